The summed E-state index contributed by atoms with van der Waals surface area (Å²) in [5.41, 5.74) is 0.714. The van der Waals surface area contributed by atoms with Crippen LogP contribution in [0.3, 0.4) is 0 Å². The molecule has 1 unspecified atom stereocenters. The summed E-state index contributed by atoms with van der Waals surface area (Å²) < 4.78 is 5.12. The van der Waals surface area contributed by atoms with Gasteiger partial charge in [-0.05, 0) is 37.9 Å². The molecule has 1 atom stereocenters. The number of carbonyl (C=O) groups is 1. The van der Waals surface area contributed by atoms with E-state index in [0.717, 1.165) is 13.0 Å². The van der Waals surface area contributed by atoms with Crippen LogP contribution in [0.5, 0.6) is 5.75 Å². The van der Waals surface area contributed by atoms with E-state index in [2.05, 4.69) is 10.6 Å². The number of ether oxygens (including phenoxy) is 1. The maximum atomic E-state index is 11.8. The summed E-state index contributed by atoms with van der Waals surface area (Å²) in [6.07, 6.45) is 3.79. The number of rotatable bonds is 5. The second kappa shape index (κ2) is 8.35. The van der Waals surface area contributed by atoms with E-state index in [0.29, 0.717) is 28.9 Å². The number of anilines is 1. The number of methoxy groups -OCH3 is 1. The summed E-state index contributed by atoms with van der Waals surface area (Å²) in [5, 5.41) is 6.78. The summed E-state index contributed by atoms with van der Waals surface area (Å²) in [6.45, 7) is 1.07. The van der Waals surface area contributed by atoms with Crippen LogP contribution < -0.4 is 15.4 Å². The second-order valence-electron chi connectivity index (χ2n) is 4.73. The van der Waals surface area contributed by atoms with Crippen LogP contribution in [0.4, 0.5) is 5.69 Å². The molecule has 1 aromatic rings. The Labute approximate surface area is 130 Å². The first kappa shape index (κ1) is 17.1. The van der Waals surface area contributed by atoms with Crippen molar-refractivity contribution in [3.63, 3.8) is 0 Å². The Morgan fingerprint density at radius 1 is 1.55 bits per heavy atom. The molecule has 0 bridgehead atoms. The molecule has 0 aliphatic carbocycles. The third-order valence-electron chi connectivity index (χ3n) is 3.32. The van der Waals surface area contributed by atoms with Gasteiger partial charge >= 0.3 is 0 Å². The Kier molecular flexibility index (Phi) is 7.13. The molecule has 1 saturated heterocycles. The summed E-state index contributed by atoms with van der Waals surface area (Å²) in [4.78, 5) is 11.8. The second-order valence-corrected chi connectivity index (χ2v) is 5.14. The Morgan fingerprint density at radius 2 is 2.35 bits per heavy atom. The highest BCUT2D eigenvalue weighted by Gasteiger charge is 2.15. The van der Waals surface area contributed by atoms with Gasteiger partial charge in [0.1, 0.15) is 5.75 Å². The van der Waals surface area contributed by atoms with E-state index in [1.165, 1.54) is 12.8 Å². The van der Waals surface area contributed by atoms with Crippen molar-refractivity contribution in [3.8, 4) is 5.75 Å². The molecule has 1 fully saturated rings. The van der Waals surface area contributed by atoms with Crippen LogP contribution in [-0.2, 0) is 4.79 Å². The first-order valence-electron chi connectivity index (χ1n) is 6.56. The molecular formula is C14H20Cl2N2O2. The van der Waals surface area contributed by atoms with E-state index < -0.39 is 0 Å². The zero-order valence-corrected chi connectivity index (χ0v) is 13.0. The van der Waals surface area contributed by atoms with Crippen LogP contribution in [0.15, 0.2) is 18.2 Å². The molecule has 0 spiro atoms. The van der Waals surface area contributed by atoms with E-state index in [9.17, 15) is 4.79 Å². The van der Waals surface area contributed by atoms with Gasteiger partial charge in [0, 0.05) is 24.2 Å². The van der Waals surface area contributed by atoms with Gasteiger partial charge in [0.2, 0.25) is 5.91 Å². The van der Waals surface area contributed by atoms with E-state index in [1.807, 2.05) is 0 Å². The van der Waals surface area contributed by atoms with Gasteiger partial charge in [0.15, 0.2) is 0 Å². The third kappa shape index (κ3) is 4.85. The van der Waals surface area contributed by atoms with Crippen LogP contribution in [0, 0.1) is 0 Å². The average molecular weight is 319 g/mol. The zero-order valence-electron chi connectivity index (χ0n) is 11.4. The quantitative estimate of drug-likeness (QED) is 0.876. The molecule has 0 radical (unpaired) electrons. The Hall–Kier alpha value is -0.970. The number of amides is 1. The lowest BCUT2D eigenvalue weighted by molar-refractivity contribution is -0.116. The summed E-state index contributed by atoms with van der Waals surface area (Å²) >= 11 is 5.93. The fraction of sp³-hybridized carbons (Fsp3) is 0.500. The molecule has 2 N–H and O–H groups in total. The number of carbonyl (C=O) groups excluding carboxylic acids is 1. The predicted octanol–water partition coefficient (Wildman–Crippen LogP) is 3.24. The monoisotopic (exact) mass is 318 g/mol. The summed E-state index contributed by atoms with van der Waals surface area (Å²) in [5.74, 6) is 0.593. The van der Waals surface area contributed by atoms with Gasteiger partial charge in [-0.3, -0.25) is 4.79 Å². The van der Waals surface area contributed by atoms with Crippen LogP contribution in [0.2, 0.25) is 5.02 Å². The first-order chi connectivity index (χ1) is 9.19. The molecule has 0 aromatic heterocycles. The maximum absolute atomic E-state index is 11.8. The van der Waals surface area contributed by atoms with Crippen LogP contribution >= 0.6 is 24.0 Å². The molecular weight excluding hydrogens is 299 g/mol. The van der Waals surface area contributed by atoms with Gasteiger partial charge in [-0.15, -0.1) is 12.4 Å². The number of nitrogens with one attached hydrogen (secondary N) is 2. The highest BCUT2D eigenvalue weighted by Crippen LogP contribution is 2.27. The fourth-order valence-corrected chi connectivity index (χ4v) is 2.46. The van der Waals surface area contributed by atoms with Crippen molar-refractivity contribution < 1.29 is 9.53 Å². The number of hydrogen-bond acceptors (Lipinski definition) is 3. The molecule has 112 valence electrons. The average Bonchev–Trinajstić information content (AvgIpc) is 2.92. The van der Waals surface area contributed by atoms with E-state index in [1.54, 1.807) is 25.3 Å². The van der Waals surface area contributed by atoms with Crippen molar-refractivity contribution >= 4 is 35.6 Å². The van der Waals surface area contributed by atoms with Crippen LogP contribution in [0.25, 0.3) is 0 Å². The fourth-order valence-electron chi connectivity index (χ4n) is 2.27. The minimum atomic E-state index is 0. The van der Waals surface area contributed by atoms with E-state index >= 15 is 0 Å². The molecule has 4 nitrogen and oxygen atoms in total. The van der Waals surface area contributed by atoms with Gasteiger partial charge in [0.05, 0.1) is 12.1 Å². The normalized spacial score (nSPS) is 17.4. The zero-order chi connectivity index (χ0) is 13.7. The largest absolute Gasteiger partial charge is 0.495 e. The van der Waals surface area contributed by atoms with Gasteiger partial charge in [-0.2, -0.15) is 0 Å². The first-order valence-corrected chi connectivity index (χ1v) is 6.93. The Bertz CT molecular complexity index is 449. The lowest BCUT2D eigenvalue weighted by Gasteiger charge is -2.11. The highest BCUT2D eigenvalue weighted by molar-refractivity contribution is 6.32. The van der Waals surface area contributed by atoms with Gasteiger partial charge in [-0.25, -0.2) is 0 Å². The smallest absolute Gasteiger partial charge is 0.224 e. The topological polar surface area (TPSA) is 50.4 Å². The minimum Gasteiger partial charge on any atom is -0.495 e. The van der Waals surface area contributed by atoms with Crippen molar-refractivity contribution in [1.29, 1.82) is 0 Å². The lowest BCUT2D eigenvalue weighted by atomic mass is 10.1. The lowest BCUT2D eigenvalue weighted by Crippen LogP contribution is -2.23. The molecule has 0 saturated carbocycles. The molecule has 6 heteroatoms. The molecule has 1 amide bonds. The van der Waals surface area contributed by atoms with E-state index in [4.69, 9.17) is 16.3 Å². The summed E-state index contributed by atoms with van der Waals surface area (Å²) in [6, 6.07) is 5.71. The molecule has 1 aliphatic rings. The molecule has 20 heavy (non-hydrogen) atoms. The Balaban J connectivity index is 0.00000200. The molecule has 2 rings (SSSR count). The van der Waals surface area contributed by atoms with Crippen molar-refractivity contribution in [1.82, 2.24) is 5.32 Å². The van der Waals surface area contributed by atoms with Crippen molar-refractivity contribution in [2.75, 3.05) is 19.0 Å². The molecule has 1 aromatic carbocycles. The molecule has 1 aliphatic heterocycles. The third-order valence-corrected chi connectivity index (χ3v) is 3.63. The summed E-state index contributed by atoms with van der Waals surface area (Å²) in [7, 11) is 1.55. The van der Waals surface area contributed by atoms with Crippen LogP contribution in [-0.4, -0.2) is 25.6 Å². The minimum absolute atomic E-state index is 0. The number of hydrogen-bond donors (Lipinski definition) is 2. The number of benzene rings is 1. The van der Waals surface area contributed by atoms with Gasteiger partial charge in [-0.1, -0.05) is 11.6 Å². The van der Waals surface area contributed by atoms with Gasteiger partial charge in [0.25, 0.3) is 0 Å². The van der Waals surface area contributed by atoms with Crippen molar-refractivity contribution in [2.45, 2.75) is 31.7 Å². The molecule has 1 heterocycles. The van der Waals surface area contributed by atoms with E-state index in [-0.39, 0.29) is 18.3 Å². The van der Waals surface area contributed by atoms with Crippen LogP contribution in [0.1, 0.15) is 25.7 Å². The maximum Gasteiger partial charge on any atom is 0.224 e. The standard InChI is InChI=1S/C14H19ClN2O2.ClH/c1-19-13-9-11(4-6-12(13)15)17-14(18)7-5-10-3-2-8-16-10;/h4,6,9-10,16H,2-3,5,7-8H2,1H3,(H,17,18);1H. The Morgan fingerprint density at radius 3 is 3.00 bits per heavy atom. The SMILES string of the molecule is COc1cc(NC(=O)CCC2CCCN2)ccc1Cl.Cl. The van der Waals surface area contributed by atoms with Crippen molar-refractivity contribution in [3.05, 3.63) is 23.2 Å². The number of halogens is 2. The predicted molar refractivity (Wildman–Crippen MR) is 84.1 cm³/mol. The highest BCUT2D eigenvalue weighted by atomic mass is 35.5. The van der Waals surface area contributed by atoms with Gasteiger partial charge < -0.3 is 15.4 Å². The van der Waals surface area contributed by atoms with Crippen molar-refractivity contribution in [2.24, 2.45) is 0 Å².